The quantitative estimate of drug-likeness (QED) is 0.233. The second-order valence-electron chi connectivity index (χ2n) is 10.5. The second-order valence-corrected chi connectivity index (χ2v) is 10.5. The van der Waals surface area contributed by atoms with E-state index < -0.39 is 23.8 Å². The first-order chi connectivity index (χ1) is 18.9. The molecule has 210 valence electrons. The summed E-state index contributed by atoms with van der Waals surface area (Å²) in [5.74, 6) is -0.763. The van der Waals surface area contributed by atoms with Crippen molar-refractivity contribution in [2.45, 2.75) is 57.5 Å². The summed E-state index contributed by atoms with van der Waals surface area (Å²) < 4.78 is 48.6. The number of carboxylic acids is 1. The van der Waals surface area contributed by atoms with Crippen LogP contribution in [0.15, 0.2) is 48.7 Å². The number of likely N-dealkylation sites (tertiary alicyclic amines) is 1. The minimum Gasteiger partial charge on any atom is -0.497 e. The van der Waals surface area contributed by atoms with Crippen molar-refractivity contribution in [3.05, 3.63) is 71.4 Å². The number of halogens is 3. The first-order valence-electron chi connectivity index (χ1n) is 13.8. The van der Waals surface area contributed by atoms with Gasteiger partial charge in [0.15, 0.2) is 0 Å². The number of methoxy groups -OCH3 is 1. The molecule has 1 aliphatic rings. The van der Waals surface area contributed by atoms with Crippen molar-refractivity contribution in [1.82, 2.24) is 9.88 Å². The van der Waals surface area contributed by atoms with Gasteiger partial charge in [-0.05, 0) is 112 Å². The van der Waals surface area contributed by atoms with Gasteiger partial charge in [0.2, 0.25) is 0 Å². The van der Waals surface area contributed by atoms with Crippen LogP contribution in [0.4, 0.5) is 13.2 Å². The van der Waals surface area contributed by atoms with Gasteiger partial charge in [-0.15, -0.1) is 0 Å². The lowest BCUT2D eigenvalue weighted by Crippen LogP contribution is -2.41. The number of fused-ring (bicyclic) bond motifs is 1. The van der Waals surface area contributed by atoms with Gasteiger partial charge in [0.05, 0.1) is 12.6 Å². The maximum absolute atomic E-state index is 15.5. The number of ether oxygens (including phenoxy) is 1. The first-order valence-corrected chi connectivity index (χ1v) is 13.8. The van der Waals surface area contributed by atoms with Crippen LogP contribution >= 0.6 is 0 Å². The number of hydrogen-bond acceptors (Lipinski definition) is 4. The molecule has 1 aromatic heterocycles. The zero-order chi connectivity index (χ0) is 27.8. The fourth-order valence-corrected chi connectivity index (χ4v) is 5.85. The van der Waals surface area contributed by atoms with Crippen LogP contribution in [0.5, 0.6) is 5.75 Å². The van der Waals surface area contributed by atoms with Gasteiger partial charge in [-0.2, -0.15) is 0 Å². The molecule has 0 saturated carbocycles. The fraction of sp³-hybridized carbons (Fsp3) is 0.484. The molecular weight excluding hydrogens is 505 g/mol. The summed E-state index contributed by atoms with van der Waals surface area (Å²) >= 11 is 0. The highest BCUT2D eigenvalue weighted by atomic mass is 19.1. The number of alkyl halides is 1. The minimum absolute atomic E-state index is 0.0927. The van der Waals surface area contributed by atoms with Crippen molar-refractivity contribution >= 4 is 16.9 Å². The van der Waals surface area contributed by atoms with Crippen LogP contribution in [0.1, 0.15) is 62.2 Å². The fourth-order valence-electron chi connectivity index (χ4n) is 5.85. The van der Waals surface area contributed by atoms with E-state index in [1.54, 1.807) is 19.4 Å². The Bertz CT molecular complexity index is 1230. The number of piperidine rings is 1. The Labute approximate surface area is 228 Å². The molecule has 39 heavy (non-hydrogen) atoms. The number of pyridine rings is 1. The number of rotatable bonds is 13. The van der Waals surface area contributed by atoms with E-state index in [1.807, 2.05) is 18.2 Å². The first kappa shape index (κ1) is 28.9. The smallest absolute Gasteiger partial charge is 0.303 e. The van der Waals surface area contributed by atoms with E-state index in [2.05, 4.69) is 9.88 Å². The standard InChI is InChI=1S/C31H37F3N2O3/c1-39-23-10-12-30-26(19-23)24(14-16-35-30)29(34)11-8-21-15-18-36(20-22(21)9-13-31(37)38)17-3-2-5-25-27(32)6-4-7-28(25)33/h4,6-7,10,12,14,16,19,21-22,29H,2-3,5,8-9,11,13,15,17-18,20H2,1H3,(H,37,38)/t21-,22+,29?/m1/s1. The number of unbranched alkanes of at least 4 members (excludes halogenated alkanes) is 1. The maximum Gasteiger partial charge on any atom is 0.303 e. The van der Waals surface area contributed by atoms with Gasteiger partial charge in [-0.25, -0.2) is 13.2 Å². The molecule has 0 aliphatic carbocycles. The highest BCUT2D eigenvalue weighted by Gasteiger charge is 2.30. The maximum atomic E-state index is 15.5. The summed E-state index contributed by atoms with van der Waals surface area (Å²) in [6.45, 7) is 2.41. The summed E-state index contributed by atoms with van der Waals surface area (Å²) in [4.78, 5) is 18.0. The molecule has 4 rings (SSSR count). The van der Waals surface area contributed by atoms with Crippen molar-refractivity contribution < 1.29 is 27.8 Å². The molecule has 1 fully saturated rings. The van der Waals surface area contributed by atoms with Crippen LogP contribution in [0, 0.1) is 23.5 Å². The normalized spacial score (nSPS) is 18.8. The van der Waals surface area contributed by atoms with Gasteiger partial charge in [0, 0.05) is 30.1 Å². The topological polar surface area (TPSA) is 62.7 Å². The van der Waals surface area contributed by atoms with Crippen LogP contribution in [0.2, 0.25) is 0 Å². The number of benzene rings is 2. The lowest BCUT2D eigenvalue weighted by molar-refractivity contribution is -0.137. The number of aromatic nitrogens is 1. The van der Waals surface area contributed by atoms with Crippen LogP contribution in [0.3, 0.4) is 0 Å². The van der Waals surface area contributed by atoms with E-state index in [0.29, 0.717) is 43.4 Å². The average molecular weight is 543 g/mol. The van der Waals surface area contributed by atoms with Gasteiger partial charge < -0.3 is 14.7 Å². The predicted molar refractivity (Wildman–Crippen MR) is 146 cm³/mol. The van der Waals surface area contributed by atoms with Crippen molar-refractivity contribution in [2.24, 2.45) is 11.8 Å². The summed E-state index contributed by atoms with van der Waals surface area (Å²) in [5.41, 5.74) is 1.46. The number of nitrogens with zero attached hydrogens (tertiary/aromatic N) is 2. The lowest BCUT2D eigenvalue weighted by atomic mass is 9.79. The number of carboxylic acid groups (broad SMARTS) is 1. The van der Waals surface area contributed by atoms with Crippen molar-refractivity contribution in [1.29, 1.82) is 0 Å². The van der Waals surface area contributed by atoms with Gasteiger partial charge >= 0.3 is 5.97 Å². The highest BCUT2D eigenvalue weighted by molar-refractivity contribution is 5.83. The Morgan fingerprint density at radius 2 is 1.92 bits per heavy atom. The van der Waals surface area contributed by atoms with Gasteiger partial charge in [-0.3, -0.25) is 9.78 Å². The van der Waals surface area contributed by atoms with Gasteiger partial charge in [-0.1, -0.05) is 6.07 Å². The molecule has 3 atom stereocenters. The van der Waals surface area contributed by atoms with E-state index in [4.69, 9.17) is 4.74 Å². The largest absolute Gasteiger partial charge is 0.497 e. The van der Waals surface area contributed by atoms with E-state index in [-0.39, 0.29) is 23.8 Å². The Balaban J connectivity index is 1.32. The minimum atomic E-state index is -1.15. The molecule has 5 nitrogen and oxygen atoms in total. The van der Waals surface area contributed by atoms with E-state index in [9.17, 15) is 18.7 Å². The zero-order valence-corrected chi connectivity index (χ0v) is 22.4. The molecule has 1 aliphatic heterocycles. The molecule has 0 spiro atoms. The summed E-state index contributed by atoms with van der Waals surface area (Å²) in [6, 6.07) is 11.1. The predicted octanol–water partition coefficient (Wildman–Crippen LogP) is 7.14. The van der Waals surface area contributed by atoms with Gasteiger partial charge in [0.25, 0.3) is 0 Å². The van der Waals surface area contributed by atoms with E-state index >= 15 is 4.39 Å². The van der Waals surface area contributed by atoms with E-state index in [1.165, 1.54) is 18.2 Å². The third-order valence-corrected chi connectivity index (χ3v) is 8.03. The molecule has 3 aromatic rings. The van der Waals surface area contributed by atoms with Crippen LogP contribution in [0.25, 0.3) is 10.9 Å². The average Bonchev–Trinajstić information content (AvgIpc) is 2.93. The number of aliphatic carboxylic acids is 1. The molecular formula is C31H37F3N2O3. The SMILES string of the molecule is COc1ccc2nccc(C(F)CC[C@@H]3CCN(CCCCc4c(F)cccc4F)C[C@@H]3CCC(=O)O)c2c1. The Morgan fingerprint density at radius 3 is 2.67 bits per heavy atom. The Morgan fingerprint density at radius 1 is 1.13 bits per heavy atom. The number of hydrogen-bond donors (Lipinski definition) is 1. The molecule has 0 amide bonds. The summed E-state index contributed by atoms with van der Waals surface area (Å²) in [7, 11) is 1.58. The highest BCUT2D eigenvalue weighted by Crippen LogP contribution is 2.36. The second kappa shape index (κ2) is 13.8. The van der Waals surface area contributed by atoms with Crippen LogP contribution in [-0.4, -0.2) is 47.7 Å². The Hall–Kier alpha value is -3.13. The Kier molecular flexibility index (Phi) is 10.2. The monoisotopic (exact) mass is 542 g/mol. The van der Waals surface area contributed by atoms with Gasteiger partial charge in [0.1, 0.15) is 23.6 Å². The summed E-state index contributed by atoms with van der Waals surface area (Å²) in [5, 5.41) is 10.0. The molecule has 1 N–H and O–H groups in total. The van der Waals surface area contributed by atoms with E-state index in [0.717, 1.165) is 43.4 Å². The van der Waals surface area contributed by atoms with Crippen LogP contribution in [-0.2, 0) is 11.2 Å². The van der Waals surface area contributed by atoms with Crippen LogP contribution < -0.4 is 4.74 Å². The van der Waals surface area contributed by atoms with Crippen molar-refractivity contribution in [2.75, 3.05) is 26.7 Å². The molecule has 0 bridgehead atoms. The molecule has 1 unspecified atom stereocenters. The van der Waals surface area contributed by atoms with Crippen molar-refractivity contribution in [3.8, 4) is 5.75 Å². The lowest BCUT2D eigenvalue weighted by Gasteiger charge is -2.39. The number of carbonyl (C=O) groups is 1. The molecule has 2 heterocycles. The zero-order valence-electron chi connectivity index (χ0n) is 22.4. The van der Waals surface area contributed by atoms with Crippen molar-refractivity contribution in [3.63, 3.8) is 0 Å². The molecule has 8 heteroatoms. The molecule has 1 saturated heterocycles. The molecule has 0 radical (unpaired) electrons. The third-order valence-electron chi connectivity index (χ3n) is 8.03. The molecule has 2 aromatic carbocycles. The summed E-state index contributed by atoms with van der Waals surface area (Å²) in [6.07, 6.45) is 4.87. The third kappa shape index (κ3) is 7.72.